The lowest BCUT2D eigenvalue weighted by molar-refractivity contribution is 0.0926. The molecule has 78 valence electrons. The van der Waals surface area contributed by atoms with E-state index in [1.54, 1.807) is 24.7 Å². The van der Waals surface area contributed by atoms with Crippen molar-refractivity contribution in [1.29, 1.82) is 0 Å². The fraction of sp³-hybridized carbons (Fsp3) is 0.182. The zero-order valence-electron chi connectivity index (χ0n) is 8.10. The Morgan fingerprint density at radius 3 is 2.93 bits per heavy atom. The Morgan fingerprint density at radius 2 is 2.27 bits per heavy atom. The molecular formula is C11H11NO3. The van der Waals surface area contributed by atoms with Crippen molar-refractivity contribution in [1.82, 2.24) is 5.32 Å². The molecule has 0 aliphatic heterocycles. The Balaban J connectivity index is 1.77. The standard InChI is InChI=1S/C11H11NO3/c13-11(10-2-1-6-15-10)12-5-3-9-4-7-14-8-9/h1-2,4,6-8H,3,5H2,(H,12,13). The number of amides is 1. The van der Waals surface area contributed by atoms with Crippen LogP contribution in [0.2, 0.25) is 0 Å². The first-order chi connectivity index (χ1) is 7.36. The highest BCUT2D eigenvalue weighted by molar-refractivity contribution is 5.91. The number of furan rings is 2. The van der Waals surface area contributed by atoms with Gasteiger partial charge in [0.25, 0.3) is 5.91 Å². The van der Waals surface area contributed by atoms with Crippen LogP contribution in [0.25, 0.3) is 0 Å². The van der Waals surface area contributed by atoms with Crippen molar-refractivity contribution in [3.63, 3.8) is 0 Å². The maximum atomic E-state index is 11.4. The summed E-state index contributed by atoms with van der Waals surface area (Å²) in [6.07, 6.45) is 5.51. The molecule has 4 heteroatoms. The van der Waals surface area contributed by atoms with Crippen LogP contribution >= 0.6 is 0 Å². The van der Waals surface area contributed by atoms with Crippen LogP contribution in [0.15, 0.2) is 45.8 Å². The van der Waals surface area contributed by atoms with E-state index in [9.17, 15) is 4.79 Å². The molecule has 4 nitrogen and oxygen atoms in total. The van der Waals surface area contributed by atoms with Crippen LogP contribution < -0.4 is 5.32 Å². The van der Waals surface area contributed by atoms with Gasteiger partial charge in [-0.2, -0.15) is 0 Å². The molecule has 0 saturated carbocycles. The summed E-state index contributed by atoms with van der Waals surface area (Å²) in [5.41, 5.74) is 1.06. The Morgan fingerprint density at radius 1 is 1.33 bits per heavy atom. The topological polar surface area (TPSA) is 55.4 Å². The van der Waals surface area contributed by atoms with Crippen LogP contribution in [0.1, 0.15) is 16.1 Å². The molecule has 0 spiro atoms. The number of carbonyl (C=O) groups is 1. The van der Waals surface area contributed by atoms with Gasteiger partial charge >= 0.3 is 0 Å². The van der Waals surface area contributed by atoms with Gasteiger partial charge in [-0.05, 0) is 30.2 Å². The van der Waals surface area contributed by atoms with Crippen molar-refractivity contribution in [2.24, 2.45) is 0 Å². The molecule has 0 aliphatic carbocycles. The number of carbonyl (C=O) groups excluding carboxylic acids is 1. The third-order valence-corrected chi connectivity index (χ3v) is 2.02. The lowest BCUT2D eigenvalue weighted by Crippen LogP contribution is -2.25. The van der Waals surface area contributed by atoms with Crippen LogP contribution in [0, 0.1) is 0 Å². The predicted octanol–water partition coefficient (Wildman–Crippen LogP) is 1.85. The highest BCUT2D eigenvalue weighted by Crippen LogP contribution is 2.01. The average Bonchev–Trinajstić information content (AvgIpc) is 2.90. The Kier molecular flexibility index (Phi) is 2.88. The van der Waals surface area contributed by atoms with Gasteiger partial charge in [0.1, 0.15) is 0 Å². The van der Waals surface area contributed by atoms with E-state index in [2.05, 4.69) is 5.32 Å². The van der Waals surface area contributed by atoms with E-state index in [1.165, 1.54) is 6.26 Å². The van der Waals surface area contributed by atoms with Crippen LogP contribution in [-0.4, -0.2) is 12.5 Å². The van der Waals surface area contributed by atoms with Gasteiger partial charge in [0.15, 0.2) is 5.76 Å². The van der Waals surface area contributed by atoms with Crippen molar-refractivity contribution in [3.05, 3.63) is 48.3 Å². The summed E-state index contributed by atoms with van der Waals surface area (Å²) in [5.74, 6) is 0.144. The van der Waals surface area contributed by atoms with Crippen molar-refractivity contribution in [2.45, 2.75) is 6.42 Å². The second-order valence-electron chi connectivity index (χ2n) is 3.11. The summed E-state index contributed by atoms with van der Waals surface area (Å²) in [4.78, 5) is 11.4. The van der Waals surface area contributed by atoms with E-state index in [-0.39, 0.29) is 5.91 Å². The van der Waals surface area contributed by atoms with E-state index in [1.807, 2.05) is 6.07 Å². The Bertz CT molecular complexity index is 403. The molecule has 1 N–H and O–H groups in total. The lowest BCUT2D eigenvalue weighted by atomic mass is 10.2. The molecule has 2 aromatic rings. The van der Waals surface area contributed by atoms with Gasteiger partial charge < -0.3 is 14.2 Å². The maximum absolute atomic E-state index is 11.4. The molecule has 2 rings (SSSR count). The molecule has 2 heterocycles. The molecule has 2 aromatic heterocycles. The predicted molar refractivity (Wildman–Crippen MR) is 53.5 cm³/mol. The molecular weight excluding hydrogens is 194 g/mol. The molecule has 0 fully saturated rings. The van der Waals surface area contributed by atoms with E-state index in [4.69, 9.17) is 8.83 Å². The summed E-state index contributed by atoms with van der Waals surface area (Å²) in [6, 6.07) is 5.19. The van der Waals surface area contributed by atoms with Gasteiger partial charge in [0.2, 0.25) is 0 Å². The highest BCUT2D eigenvalue weighted by Gasteiger charge is 2.06. The minimum Gasteiger partial charge on any atom is -0.472 e. The molecule has 0 saturated heterocycles. The summed E-state index contributed by atoms with van der Waals surface area (Å²) < 4.78 is 9.87. The molecule has 0 aromatic carbocycles. The first kappa shape index (κ1) is 9.58. The number of rotatable bonds is 4. The lowest BCUT2D eigenvalue weighted by Gasteiger charge is -2.00. The Labute approximate surface area is 86.9 Å². The number of nitrogens with one attached hydrogen (secondary N) is 1. The SMILES string of the molecule is O=C(NCCc1ccoc1)c1ccco1. The molecule has 15 heavy (non-hydrogen) atoms. The van der Waals surface area contributed by atoms with Crippen molar-refractivity contribution in [3.8, 4) is 0 Å². The first-order valence-corrected chi connectivity index (χ1v) is 4.69. The van der Waals surface area contributed by atoms with Crippen LogP contribution in [0.3, 0.4) is 0 Å². The molecule has 1 amide bonds. The zero-order chi connectivity index (χ0) is 10.5. The average molecular weight is 205 g/mol. The normalized spacial score (nSPS) is 10.1. The van der Waals surface area contributed by atoms with Gasteiger partial charge in [-0.15, -0.1) is 0 Å². The number of hydrogen-bond acceptors (Lipinski definition) is 3. The summed E-state index contributed by atoms with van der Waals surface area (Å²) in [6.45, 7) is 0.569. The van der Waals surface area contributed by atoms with E-state index in [0.29, 0.717) is 12.3 Å². The van der Waals surface area contributed by atoms with Gasteiger partial charge in [-0.1, -0.05) is 0 Å². The molecule has 0 radical (unpaired) electrons. The summed E-state index contributed by atoms with van der Waals surface area (Å²) in [5, 5.41) is 2.75. The zero-order valence-corrected chi connectivity index (χ0v) is 8.10. The fourth-order valence-corrected chi connectivity index (χ4v) is 1.25. The van der Waals surface area contributed by atoms with Crippen molar-refractivity contribution >= 4 is 5.91 Å². The monoisotopic (exact) mass is 205 g/mol. The van der Waals surface area contributed by atoms with Crippen LogP contribution in [0.5, 0.6) is 0 Å². The minimum atomic E-state index is -0.191. The second kappa shape index (κ2) is 4.50. The smallest absolute Gasteiger partial charge is 0.286 e. The first-order valence-electron chi connectivity index (χ1n) is 4.69. The fourth-order valence-electron chi connectivity index (χ4n) is 1.25. The second-order valence-corrected chi connectivity index (χ2v) is 3.11. The Hall–Kier alpha value is -1.97. The van der Waals surface area contributed by atoms with E-state index < -0.39 is 0 Å². The summed E-state index contributed by atoms with van der Waals surface area (Å²) >= 11 is 0. The summed E-state index contributed by atoms with van der Waals surface area (Å²) in [7, 11) is 0. The molecule has 0 aliphatic rings. The highest BCUT2D eigenvalue weighted by atomic mass is 16.3. The van der Waals surface area contributed by atoms with Crippen LogP contribution in [-0.2, 0) is 6.42 Å². The molecule has 0 unspecified atom stereocenters. The number of hydrogen-bond donors (Lipinski definition) is 1. The van der Waals surface area contributed by atoms with Crippen molar-refractivity contribution < 1.29 is 13.6 Å². The third kappa shape index (κ3) is 2.49. The van der Waals surface area contributed by atoms with Crippen LogP contribution in [0.4, 0.5) is 0 Å². The van der Waals surface area contributed by atoms with E-state index in [0.717, 1.165) is 12.0 Å². The molecule has 0 atom stereocenters. The minimum absolute atomic E-state index is 0.191. The quantitative estimate of drug-likeness (QED) is 0.828. The molecule has 0 bridgehead atoms. The van der Waals surface area contributed by atoms with E-state index >= 15 is 0 Å². The van der Waals surface area contributed by atoms with Gasteiger partial charge in [-0.25, -0.2) is 0 Å². The largest absolute Gasteiger partial charge is 0.472 e. The van der Waals surface area contributed by atoms with Gasteiger partial charge in [0, 0.05) is 6.54 Å². The third-order valence-electron chi connectivity index (χ3n) is 2.02. The van der Waals surface area contributed by atoms with Crippen molar-refractivity contribution in [2.75, 3.05) is 6.54 Å². The maximum Gasteiger partial charge on any atom is 0.286 e. The van der Waals surface area contributed by atoms with Gasteiger partial charge in [-0.3, -0.25) is 4.79 Å². The van der Waals surface area contributed by atoms with Gasteiger partial charge in [0.05, 0.1) is 18.8 Å².